The van der Waals surface area contributed by atoms with Gasteiger partial charge in [-0.05, 0) is 29.8 Å². The van der Waals surface area contributed by atoms with Crippen molar-refractivity contribution < 1.29 is 19.1 Å². The van der Waals surface area contributed by atoms with Crippen molar-refractivity contribution in [3.8, 4) is 11.5 Å². The predicted octanol–water partition coefficient (Wildman–Crippen LogP) is 0.839. The van der Waals surface area contributed by atoms with Gasteiger partial charge >= 0.3 is 0 Å². The van der Waals surface area contributed by atoms with Crippen LogP contribution >= 0.6 is 0 Å². The van der Waals surface area contributed by atoms with Crippen molar-refractivity contribution in [2.45, 2.75) is 6.54 Å². The van der Waals surface area contributed by atoms with E-state index in [0.717, 1.165) is 5.56 Å². The molecule has 0 saturated heterocycles. The van der Waals surface area contributed by atoms with Gasteiger partial charge < -0.3 is 20.5 Å². The third-order valence-electron chi connectivity index (χ3n) is 3.17. The maximum Gasteiger partial charge on any atom is 0.267 e. The standard InChI is InChI=1S/C15H13N3O4/c16-14(19)11-3-2-10(7-17-11)15(20)18-6-9-1-4-12-13(5-9)22-8-21-12/h1-5,7H,6,8H2,(H2,16,19)(H,18,20). The summed E-state index contributed by atoms with van der Waals surface area (Å²) in [5, 5.41) is 2.76. The molecule has 3 rings (SSSR count). The summed E-state index contributed by atoms with van der Waals surface area (Å²) in [4.78, 5) is 26.8. The van der Waals surface area contributed by atoms with Crippen molar-refractivity contribution in [3.05, 3.63) is 53.3 Å². The Bertz CT molecular complexity index is 728. The first-order valence-electron chi connectivity index (χ1n) is 6.56. The number of ether oxygens (including phenoxy) is 2. The van der Waals surface area contributed by atoms with E-state index >= 15 is 0 Å². The van der Waals surface area contributed by atoms with Crippen LogP contribution in [0.3, 0.4) is 0 Å². The summed E-state index contributed by atoms with van der Waals surface area (Å²) in [6.07, 6.45) is 1.31. The molecule has 1 aliphatic rings. The maximum absolute atomic E-state index is 12.0. The number of amides is 2. The first kappa shape index (κ1) is 13.9. The molecule has 0 fully saturated rings. The van der Waals surface area contributed by atoms with Gasteiger partial charge in [-0.2, -0.15) is 0 Å². The van der Waals surface area contributed by atoms with Crippen LogP contribution in [0.25, 0.3) is 0 Å². The van der Waals surface area contributed by atoms with Crippen LogP contribution in [-0.4, -0.2) is 23.6 Å². The van der Waals surface area contributed by atoms with Crippen molar-refractivity contribution in [1.29, 1.82) is 0 Å². The van der Waals surface area contributed by atoms with Crippen LogP contribution in [0.5, 0.6) is 11.5 Å². The highest BCUT2D eigenvalue weighted by Gasteiger charge is 2.14. The van der Waals surface area contributed by atoms with Gasteiger partial charge in [0.05, 0.1) is 5.56 Å². The summed E-state index contributed by atoms with van der Waals surface area (Å²) in [7, 11) is 0. The van der Waals surface area contributed by atoms with Gasteiger partial charge in [-0.15, -0.1) is 0 Å². The van der Waals surface area contributed by atoms with Crippen LogP contribution in [0.1, 0.15) is 26.4 Å². The fraction of sp³-hybridized carbons (Fsp3) is 0.133. The second kappa shape index (κ2) is 5.72. The molecule has 7 heteroatoms. The van der Waals surface area contributed by atoms with Crippen LogP contribution in [-0.2, 0) is 6.54 Å². The normalized spacial score (nSPS) is 12.0. The molecule has 0 bridgehead atoms. The Balaban J connectivity index is 1.63. The van der Waals surface area contributed by atoms with E-state index in [-0.39, 0.29) is 18.4 Å². The summed E-state index contributed by atoms with van der Waals surface area (Å²) in [5.74, 6) is 0.439. The number of carbonyl (C=O) groups excluding carboxylic acids is 2. The Morgan fingerprint density at radius 3 is 2.73 bits per heavy atom. The Morgan fingerprint density at radius 1 is 1.18 bits per heavy atom. The number of hydrogen-bond donors (Lipinski definition) is 2. The van der Waals surface area contributed by atoms with E-state index in [0.29, 0.717) is 23.6 Å². The van der Waals surface area contributed by atoms with E-state index in [1.807, 2.05) is 12.1 Å². The average Bonchev–Trinajstić information content (AvgIpc) is 3.00. The number of pyridine rings is 1. The summed E-state index contributed by atoms with van der Waals surface area (Å²) in [6, 6.07) is 8.38. The van der Waals surface area contributed by atoms with Gasteiger partial charge in [0.15, 0.2) is 11.5 Å². The molecule has 7 nitrogen and oxygen atoms in total. The van der Waals surface area contributed by atoms with Crippen molar-refractivity contribution in [2.75, 3.05) is 6.79 Å². The predicted molar refractivity (Wildman–Crippen MR) is 76.5 cm³/mol. The molecular weight excluding hydrogens is 286 g/mol. The number of nitrogens with two attached hydrogens (primary N) is 1. The SMILES string of the molecule is NC(=O)c1ccc(C(=O)NCc2ccc3c(c2)OCO3)cn1. The van der Waals surface area contributed by atoms with E-state index < -0.39 is 5.91 Å². The molecule has 2 amide bonds. The molecule has 1 aromatic heterocycles. The van der Waals surface area contributed by atoms with Crippen molar-refractivity contribution in [1.82, 2.24) is 10.3 Å². The summed E-state index contributed by atoms with van der Waals surface area (Å²) in [5.41, 5.74) is 6.45. The number of nitrogens with zero attached hydrogens (tertiary/aromatic N) is 1. The molecule has 3 N–H and O–H groups in total. The molecule has 22 heavy (non-hydrogen) atoms. The second-order valence-corrected chi connectivity index (χ2v) is 4.67. The van der Waals surface area contributed by atoms with Gasteiger partial charge in [-0.1, -0.05) is 6.07 Å². The van der Waals surface area contributed by atoms with Gasteiger partial charge in [-0.25, -0.2) is 0 Å². The number of primary amides is 1. The maximum atomic E-state index is 12.0. The lowest BCUT2D eigenvalue weighted by atomic mass is 10.2. The van der Waals surface area contributed by atoms with E-state index in [2.05, 4.69) is 10.3 Å². The Morgan fingerprint density at radius 2 is 2.00 bits per heavy atom. The van der Waals surface area contributed by atoms with Gasteiger partial charge in [0, 0.05) is 12.7 Å². The fourth-order valence-electron chi connectivity index (χ4n) is 2.01. The molecule has 0 saturated carbocycles. The minimum atomic E-state index is -0.632. The zero-order valence-corrected chi connectivity index (χ0v) is 11.5. The number of fused-ring (bicyclic) bond motifs is 1. The fourth-order valence-corrected chi connectivity index (χ4v) is 2.01. The molecule has 112 valence electrons. The van der Waals surface area contributed by atoms with Crippen LogP contribution < -0.4 is 20.5 Å². The summed E-state index contributed by atoms with van der Waals surface area (Å²) < 4.78 is 10.5. The van der Waals surface area contributed by atoms with Crippen molar-refractivity contribution >= 4 is 11.8 Å². The summed E-state index contributed by atoms with van der Waals surface area (Å²) >= 11 is 0. The molecule has 0 unspecified atom stereocenters. The highest BCUT2D eigenvalue weighted by Crippen LogP contribution is 2.32. The zero-order chi connectivity index (χ0) is 15.5. The van der Waals surface area contributed by atoms with Crippen LogP contribution in [0.15, 0.2) is 36.5 Å². The minimum Gasteiger partial charge on any atom is -0.454 e. The second-order valence-electron chi connectivity index (χ2n) is 4.67. The molecule has 0 atom stereocenters. The third kappa shape index (κ3) is 2.83. The van der Waals surface area contributed by atoms with E-state index in [9.17, 15) is 9.59 Å². The first-order chi connectivity index (χ1) is 10.6. The Kier molecular flexibility index (Phi) is 3.61. The topological polar surface area (TPSA) is 104 Å². The van der Waals surface area contributed by atoms with Crippen molar-refractivity contribution in [2.24, 2.45) is 5.73 Å². The lowest BCUT2D eigenvalue weighted by Gasteiger charge is -2.06. The average molecular weight is 299 g/mol. The van der Waals surface area contributed by atoms with E-state index in [1.165, 1.54) is 18.3 Å². The van der Waals surface area contributed by atoms with Gasteiger partial charge in [-0.3, -0.25) is 14.6 Å². The molecule has 0 aliphatic carbocycles. The first-order valence-corrected chi connectivity index (χ1v) is 6.56. The minimum absolute atomic E-state index is 0.118. The largest absolute Gasteiger partial charge is 0.454 e. The zero-order valence-electron chi connectivity index (χ0n) is 11.5. The molecule has 2 heterocycles. The number of nitrogens with one attached hydrogen (secondary N) is 1. The van der Waals surface area contributed by atoms with E-state index in [4.69, 9.17) is 15.2 Å². The Labute approximate surface area is 126 Å². The van der Waals surface area contributed by atoms with Gasteiger partial charge in [0.25, 0.3) is 11.8 Å². The molecule has 0 spiro atoms. The number of aromatic nitrogens is 1. The number of benzene rings is 1. The van der Waals surface area contributed by atoms with Crippen LogP contribution in [0.2, 0.25) is 0 Å². The van der Waals surface area contributed by atoms with Crippen LogP contribution in [0, 0.1) is 0 Å². The number of rotatable bonds is 4. The number of carbonyl (C=O) groups is 2. The lowest BCUT2D eigenvalue weighted by molar-refractivity contribution is 0.0947. The summed E-state index contributed by atoms with van der Waals surface area (Å²) in [6.45, 7) is 0.552. The van der Waals surface area contributed by atoms with Gasteiger partial charge in [0.1, 0.15) is 5.69 Å². The highest BCUT2D eigenvalue weighted by molar-refractivity contribution is 5.95. The Hall–Kier alpha value is -3.09. The van der Waals surface area contributed by atoms with E-state index in [1.54, 1.807) is 6.07 Å². The van der Waals surface area contributed by atoms with Crippen molar-refractivity contribution in [3.63, 3.8) is 0 Å². The highest BCUT2D eigenvalue weighted by atomic mass is 16.7. The van der Waals surface area contributed by atoms with Crippen LogP contribution in [0.4, 0.5) is 0 Å². The number of hydrogen-bond acceptors (Lipinski definition) is 5. The smallest absolute Gasteiger partial charge is 0.267 e. The molecule has 1 aliphatic heterocycles. The molecular formula is C15H13N3O4. The quantitative estimate of drug-likeness (QED) is 0.870. The molecule has 0 radical (unpaired) electrons. The molecule has 2 aromatic rings. The molecule has 1 aromatic carbocycles. The lowest BCUT2D eigenvalue weighted by Crippen LogP contribution is -2.23. The van der Waals surface area contributed by atoms with Gasteiger partial charge in [0.2, 0.25) is 6.79 Å². The third-order valence-corrected chi connectivity index (χ3v) is 3.17. The monoisotopic (exact) mass is 299 g/mol.